The van der Waals surface area contributed by atoms with Gasteiger partial charge in [-0.1, -0.05) is 83.9 Å². The number of hydrogen-bond acceptors (Lipinski definition) is 4. The number of halogens is 2. The summed E-state index contributed by atoms with van der Waals surface area (Å²) in [6.07, 6.45) is 3.35. The van der Waals surface area contributed by atoms with E-state index in [0.717, 1.165) is 21.5 Å². The first-order chi connectivity index (χ1) is 15.8. The lowest BCUT2D eigenvalue weighted by molar-refractivity contribution is -0.113. The zero-order valence-electron chi connectivity index (χ0n) is 17.3. The first-order valence-electron chi connectivity index (χ1n) is 10.00. The third-order valence-corrected chi connectivity index (χ3v) is 7.48. The van der Waals surface area contributed by atoms with Crippen LogP contribution in [0.15, 0.2) is 88.8 Å². The van der Waals surface area contributed by atoms with Gasteiger partial charge in [-0.3, -0.25) is 4.79 Å². The van der Waals surface area contributed by atoms with Crippen molar-refractivity contribution in [3.63, 3.8) is 0 Å². The van der Waals surface area contributed by atoms with Gasteiger partial charge in [-0.2, -0.15) is 4.31 Å². The lowest BCUT2D eigenvalue weighted by atomic mass is 9.95. The smallest absolute Gasteiger partial charge is 0.247 e. The average molecular weight is 500 g/mol. The van der Waals surface area contributed by atoms with Crippen LogP contribution >= 0.6 is 23.2 Å². The van der Waals surface area contributed by atoms with Crippen molar-refractivity contribution >= 4 is 51.2 Å². The van der Waals surface area contributed by atoms with Gasteiger partial charge in [0.15, 0.2) is 11.5 Å². The van der Waals surface area contributed by atoms with Crippen LogP contribution in [0.1, 0.15) is 11.1 Å². The van der Waals surface area contributed by atoms with E-state index in [0.29, 0.717) is 11.1 Å². The van der Waals surface area contributed by atoms with Crippen LogP contribution in [0.2, 0.25) is 10.0 Å². The van der Waals surface area contributed by atoms with Gasteiger partial charge in [0.1, 0.15) is 4.90 Å². The van der Waals surface area contributed by atoms with Gasteiger partial charge < -0.3 is 5.11 Å². The van der Waals surface area contributed by atoms with Gasteiger partial charge >= 0.3 is 0 Å². The van der Waals surface area contributed by atoms with Crippen molar-refractivity contribution in [2.24, 2.45) is 0 Å². The number of Topliss-reactive ketones (excluding diaryl/α,β-unsaturated/α-hetero) is 1. The molecule has 0 aromatic heterocycles. The van der Waals surface area contributed by atoms with Crippen LogP contribution < -0.4 is 0 Å². The maximum atomic E-state index is 13.5. The molecule has 3 aromatic carbocycles. The molecule has 0 aliphatic carbocycles. The molecule has 0 atom stereocenters. The fourth-order valence-electron chi connectivity index (χ4n) is 3.56. The number of phenolic OH excluding ortho intramolecular Hbond substituents is 1. The highest BCUT2D eigenvalue weighted by Crippen LogP contribution is 2.37. The Morgan fingerprint density at radius 2 is 1.30 bits per heavy atom. The first-order valence-corrected chi connectivity index (χ1v) is 12.2. The van der Waals surface area contributed by atoms with Gasteiger partial charge in [0.05, 0.1) is 5.02 Å². The third-order valence-electron chi connectivity index (χ3n) is 5.17. The molecule has 33 heavy (non-hydrogen) atoms. The molecular weight excluding hydrogens is 481 g/mol. The first kappa shape index (κ1) is 23.3. The highest BCUT2D eigenvalue weighted by molar-refractivity contribution is 7.89. The molecule has 1 aliphatic heterocycles. The summed E-state index contributed by atoms with van der Waals surface area (Å²) < 4.78 is 28.1. The van der Waals surface area contributed by atoms with Crippen LogP contribution in [-0.4, -0.2) is 36.7 Å². The minimum Gasteiger partial charge on any atom is -0.505 e. The second kappa shape index (κ2) is 9.53. The molecule has 1 aliphatic rings. The van der Waals surface area contributed by atoms with Crippen molar-refractivity contribution in [2.45, 2.75) is 4.90 Å². The van der Waals surface area contributed by atoms with E-state index < -0.39 is 20.7 Å². The van der Waals surface area contributed by atoms with E-state index >= 15 is 0 Å². The number of benzene rings is 3. The number of hydrogen-bond donors (Lipinski definition) is 1. The van der Waals surface area contributed by atoms with E-state index in [-0.39, 0.29) is 28.9 Å². The number of carbonyl (C=O) groups excluding carboxylic acids is 1. The summed E-state index contributed by atoms with van der Waals surface area (Å²) in [6.45, 7) is -0.322. The summed E-state index contributed by atoms with van der Waals surface area (Å²) in [5.41, 5.74) is 2.16. The minimum absolute atomic E-state index is 0.0737. The Bertz CT molecular complexity index is 1310. The summed E-state index contributed by atoms with van der Waals surface area (Å²) in [4.78, 5) is 12.9. The zero-order valence-corrected chi connectivity index (χ0v) is 19.6. The van der Waals surface area contributed by atoms with Crippen molar-refractivity contribution in [1.82, 2.24) is 4.31 Å². The molecule has 0 unspecified atom stereocenters. The molecule has 0 amide bonds. The topological polar surface area (TPSA) is 74.7 Å². The molecule has 0 saturated carbocycles. The molecule has 1 fully saturated rings. The Morgan fingerprint density at radius 1 is 0.818 bits per heavy atom. The van der Waals surface area contributed by atoms with Crippen molar-refractivity contribution in [1.29, 1.82) is 0 Å². The maximum Gasteiger partial charge on any atom is 0.247 e. The monoisotopic (exact) mass is 499 g/mol. The lowest BCUT2D eigenvalue weighted by Gasteiger charge is -2.29. The van der Waals surface area contributed by atoms with Gasteiger partial charge in [-0.15, -0.1) is 0 Å². The fourth-order valence-corrected chi connectivity index (χ4v) is 5.70. The Kier molecular flexibility index (Phi) is 6.72. The molecule has 168 valence electrons. The summed E-state index contributed by atoms with van der Waals surface area (Å²) >= 11 is 12.0. The Balaban J connectivity index is 1.82. The van der Waals surface area contributed by atoms with Gasteiger partial charge in [0, 0.05) is 29.3 Å². The number of rotatable bonds is 4. The predicted molar refractivity (Wildman–Crippen MR) is 131 cm³/mol. The van der Waals surface area contributed by atoms with E-state index in [2.05, 4.69) is 0 Å². The quantitative estimate of drug-likeness (QED) is 0.485. The Labute approximate surface area is 202 Å². The average Bonchev–Trinajstić information content (AvgIpc) is 2.80. The highest BCUT2D eigenvalue weighted by Gasteiger charge is 2.36. The van der Waals surface area contributed by atoms with E-state index in [1.54, 1.807) is 12.2 Å². The van der Waals surface area contributed by atoms with Crippen LogP contribution in [0.5, 0.6) is 5.75 Å². The lowest BCUT2D eigenvalue weighted by Crippen LogP contribution is -2.41. The van der Waals surface area contributed by atoms with Crippen molar-refractivity contribution in [2.75, 3.05) is 13.1 Å². The van der Waals surface area contributed by atoms with E-state index in [1.807, 2.05) is 60.7 Å². The van der Waals surface area contributed by atoms with Crippen LogP contribution in [0.25, 0.3) is 12.2 Å². The molecule has 8 heteroatoms. The second-order valence-electron chi connectivity index (χ2n) is 7.50. The van der Waals surface area contributed by atoms with Gasteiger partial charge in [-0.05, 0) is 35.4 Å². The van der Waals surface area contributed by atoms with E-state index in [4.69, 9.17) is 23.2 Å². The zero-order chi connectivity index (χ0) is 23.6. The van der Waals surface area contributed by atoms with Crippen LogP contribution in [-0.2, 0) is 14.8 Å². The summed E-state index contributed by atoms with van der Waals surface area (Å²) in [5.74, 6) is -0.817. The van der Waals surface area contributed by atoms with Crippen LogP contribution in [0.4, 0.5) is 0 Å². The molecule has 0 bridgehead atoms. The number of aromatic hydroxyl groups is 1. The highest BCUT2D eigenvalue weighted by atomic mass is 35.5. The molecule has 5 nitrogen and oxygen atoms in total. The molecule has 1 heterocycles. The number of phenols is 1. The van der Waals surface area contributed by atoms with Crippen molar-refractivity contribution in [3.8, 4) is 5.75 Å². The molecule has 1 N–H and O–H groups in total. The predicted octanol–water partition coefficient (Wildman–Crippen LogP) is 5.44. The molecule has 0 radical (unpaired) electrons. The molecular formula is C25H19Cl2NO4S. The third kappa shape index (κ3) is 5.04. The minimum atomic E-state index is -4.23. The van der Waals surface area contributed by atoms with Gasteiger partial charge in [0.2, 0.25) is 10.0 Å². The molecule has 0 spiro atoms. The molecule has 1 saturated heterocycles. The SMILES string of the molecule is O=C1/C(=C/c2ccccc2)CN(S(=O)(=O)c2cc(Cl)cc(Cl)c2O)C/C1=C\c1ccccc1. The van der Waals surface area contributed by atoms with Crippen LogP contribution in [0.3, 0.4) is 0 Å². The van der Waals surface area contributed by atoms with Crippen molar-refractivity contribution < 1.29 is 18.3 Å². The Hall–Kier alpha value is -2.90. The number of carbonyl (C=O) groups is 1. The van der Waals surface area contributed by atoms with Crippen molar-refractivity contribution in [3.05, 3.63) is 105 Å². The number of ketones is 1. The van der Waals surface area contributed by atoms with Crippen LogP contribution in [0, 0.1) is 0 Å². The standard InChI is InChI=1S/C25H19Cl2NO4S/c26-21-13-22(27)25(30)23(14-21)33(31,32)28-15-19(11-17-7-3-1-4-8-17)24(29)20(16-28)12-18-9-5-2-6-10-18/h1-14,30H,15-16H2/b19-11+,20-12+. The van der Waals surface area contributed by atoms with E-state index in [9.17, 15) is 18.3 Å². The fraction of sp³-hybridized carbons (Fsp3) is 0.0800. The molecule has 3 aromatic rings. The largest absolute Gasteiger partial charge is 0.505 e. The summed E-state index contributed by atoms with van der Waals surface area (Å²) in [7, 11) is -4.23. The maximum absolute atomic E-state index is 13.5. The number of nitrogens with zero attached hydrogens (tertiary/aromatic N) is 1. The summed E-state index contributed by atoms with van der Waals surface area (Å²) in [6, 6.07) is 20.8. The van der Waals surface area contributed by atoms with E-state index in [1.165, 1.54) is 6.07 Å². The number of piperidine rings is 1. The van der Waals surface area contributed by atoms with Gasteiger partial charge in [0.25, 0.3) is 0 Å². The Morgan fingerprint density at radius 3 is 1.79 bits per heavy atom. The normalized spacial score (nSPS) is 17.6. The summed E-state index contributed by atoms with van der Waals surface area (Å²) in [5, 5.41) is 10.3. The number of sulfonamides is 1. The van der Waals surface area contributed by atoms with Gasteiger partial charge in [-0.25, -0.2) is 8.42 Å². The second-order valence-corrected chi connectivity index (χ2v) is 10.2. The molecule has 4 rings (SSSR count).